The van der Waals surface area contributed by atoms with E-state index in [1.54, 1.807) is 0 Å². The van der Waals surface area contributed by atoms with Crippen LogP contribution in [-0.2, 0) is 6.54 Å². The summed E-state index contributed by atoms with van der Waals surface area (Å²) in [6, 6.07) is 12.7. The van der Waals surface area contributed by atoms with Gasteiger partial charge in [0.1, 0.15) is 5.82 Å². The highest BCUT2D eigenvalue weighted by Gasteiger charge is 2.16. The minimum atomic E-state index is 0.435. The number of aromatic nitrogens is 2. The summed E-state index contributed by atoms with van der Waals surface area (Å²) in [5.74, 6) is 0.978. The second-order valence-corrected chi connectivity index (χ2v) is 5.47. The molecule has 0 saturated heterocycles. The molecule has 0 saturated carbocycles. The zero-order chi connectivity index (χ0) is 14.7. The number of hydrogen-bond acceptors (Lipinski definition) is 4. The summed E-state index contributed by atoms with van der Waals surface area (Å²) < 4.78 is 1.96. The fraction of sp³-hybridized carbons (Fsp3) is 0.312. The lowest BCUT2D eigenvalue weighted by Gasteiger charge is -2.25. The first-order valence-corrected chi connectivity index (χ1v) is 7.26. The van der Waals surface area contributed by atoms with E-state index < -0.39 is 0 Å². The molecule has 110 valence electrons. The van der Waals surface area contributed by atoms with E-state index in [1.807, 2.05) is 35.1 Å². The van der Waals surface area contributed by atoms with Gasteiger partial charge in [0.05, 0.1) is 12.7 Å². The van der Waals surface area contributed by atoms with Gasteiger partial charge in [0.15, 0.2) is 0 Å². The molecule has 5 heteroatoms. The Morgan fingerprint density at radius 3 is 2.95 bits per heavy atom. The van der Waals surface area contributed by atoms with Crippen LogP contribution in [0.1, 0.15) is 18.9 Å². The molecular formula is C16H21N5. The molecule has 1 unspecified atom stereocenters. The first kappa shape index (κ1) is 13.7. The number of anilines is 1. The molecule has 2 aromatic rings. The predicted octanol–water partition coefficient (Wildman–Crippen LogP) is 1.90. The van der Waals surface area contributed by atoms with E-state index in [2.05, 4.69) is 34.8 Å². The van der Waals surface area contributed by atoms with Crippen molar-refractivity contribution < 1.29 is 0 Å². The van der Waals surface area contributed by atoms with Crippen LogP contribution in [0.4, 0.5) is 5.82 Å². The first-order valence-electron chi connectivity index (χ1n) is 7.26. The lowest BCUT2D eigenvalue weighted by Crippen LogP contribution is -2.37. The number of nitrogens with zero attached hydrogens (tertiary/aromatic N) is 2. The van der Waals surface area contributed by atoms with E-state index in [4.69, 9.17) is 5.73 Å². The smallest absolute Gasteiger partial charge is 0.128 e. The summed E-state index contributed by atoms with van der Waals surface area (Å²) in [4.78, 5) is 0. The SMILES string of the molecule is CC1CC(Nc2ccnn2Cc2ccccc2)=C(N)CN1. The van der Waals surface area contributed by atoms with Crippen LogP contribution in [0, 0.1) is 0 Å². The van der Waals surface area contributed by atoms with Gasteiger partial charge in [-0.05, 0) is 12.5 Å². The van der Waals surface area contributed by atoms with Crippen molar-refractivity contribution in [2.45, 2.75) is 25.9 Å². The largest absolute Gasteiger partial charge is 0.400 e. The Hall–Kier alpha value is -2.27. The number of nitrogens with two attached hydrogens (primary N) is 1. The van der Waals surface area contributed by atoms with Crippen LogP contribution in [0.25, 0.3) is 0 Å². The second-order valence-electron chi connectivity index (χ2n) is 5.47. The Morgan fingerprint density at radius 2 is 2.14 bits per heavy atom. The van der Waals surface area contributed by atoms with Gasteiger partial charge in [0.2, 0.25) is 0 Å². The van der Waals surface area contributed by atoms with Crippen LogP contribution in [0.15, 0.2) is 54.0 Å². The maximum Gasteiger partial charge on any atom is 0.128 e. The highest BCUT2D eigenvalue weighted by Crippen LogP contribution is 2.18. The zero-order valence-electron chi connectivity index (χ0n) is 12.2. The fourth-order valence-corrected chi connectivity index (χ4v) is 2.51. The van der Waals surface area contributed by atoms with Crippen molar-refractivity contribution in [1.82, 2.24) is 15.1 Å². The zero-order valence-corrected chi connectivity index (χ0v) is 12.2. The summed E-state index contributed by atoms with van der Waals surface area (Å²) in [6.45, 7) is 3.64. The van der Waals surface area contributed by atoms with Gasteiger partial charge in [-0.3, -0.25) is 0 Å². The normalized spacial score (nSPS) is 18.8. The van der Waals surface area contributed by atoms with Gasteiger partial charge in [-0.2, -0.15) is 5.10 Å². The van der Waals surface area contributed by atoms with Gasteiger partial charge in [0.25, 0.3) is 0 Å². The Balaban J connectivity index is 1.77. The van der Waals surface area contributed by atoms with E-state index in [0.717, 1.165) is 36.7 Å². The highest BCUT2D eigenvalue weighted by atomic mass is 15.3. The minimum Gasteiger partial charge on any atom is -0.400 e. The fourth-order valence-electron chi connectivity index (χ4n) is 2.51. The van der Waals surface area contributed by atoms with E-state index in [9.17, 15) is 0 Å². The third-order valence-corrected chi connectivity index (χ3v) is 3.71. The topological polar surface area (TPSA) is 67.9 Å². The molecule has 3 rings (SSSR count). The molecule has 1 aromatic carbocycles. The number of rotatable bonds is 4. The maximum absolute atomic E-state index is 6.09. The van der Waals surface area contributed by atoms with E-state index in [1.165, 1.54) is 5.56 Å². The predicted molar refractivity (Wildman–Crippen MR) is 84.7 cm³/mol. The van der Waals surface area contributed by atoms with Gasteiger partial charge >= 0.3 is 0 Å². The Bertz CT molecular complexity index is 629. The Kier molecular flexibility index (Phi) is 3.92. The average Bonchev–Trinajstić information content (AvgIpc) is 2.91. The third-order valence-electron chi connectivity index (χ3n) is 3.71. The van der Waals surface area contributed by atoms with Crippen molar-refractivity contribution in [2.24, 2.45) is 5.73 Å². The van der Waals surface area contributed by atoms with Gasteiger partial charge < -0.3 is 16.4 Å². The lowest BCUT2D eigenvalue weighted by molar-refractivity contribution is 0.536. The monoisotopic (exact) mass is 283 g/mol. The minimum absolute atomic E-state index is 0.435. The van der Waals surface area contributed by atoms with Crippen molar-refractivity contribution in [1.29, 1.82) is 0 Å². The summed E-state index contributed by atoms with van der Waals surface area (Å²) in [5.41, 5.74) is 9.28. The van der Waals surface area contributed by atoms with Crippen molar-refractivity contribution in [2.75, 3.05) is 11.9 Å². The molecule has 1 atom stereocenters. The molecule has 0 spiro atoms. The summed E-state index contributed by atoms with van der Waals surface area (Å²) in [5, 5.41) is 11.2. The Labute approximate surface area is 124 Å². The van der Waals surface area contributed by atoms with Crippen LogP contribution >= 0.6 is 0 Å². The molecule has 1 aliphatic rings. The van der Waals surface area contributed by atoms with Crippen molar-refractivity contribution in [3.05, 3.63) is 59.6 Å². The maximum atomic E-state index is 6.09. The molecule has 0 radical (unpaired) electrons. The van der Waals surface area contributed by atoms with Crippen molar-refractivity contribution in [3.63, 3.8) is 0 Å². The van der Waals surface area contributed by atoms with Crippen LogP contribution in [0.2, 0.25) is 0 Å². The molecule has 0 amide bonds. The Morgan fingerprint density at radius 1 is 1.33 bits per heavy atom. The second kappa shape index (κ2) is 6.01. The summed E-state index contributed by atoms with van der Waals surface area (Å²) >= 11 is 0. The molecule has 2 heterocycles. The van der Waals surface area contributed by atoms with Gasteiger partial charge in [0, 0.05) is 36.5 Å². The standard InChI is InChI=1S/C16H21N5/c1-12-9-15(14(17)10-18-12)20-16-7-8-19-21(16)11-13-5-3-2-4-6-13/h2-8,12,18,20H,9-11,17H2,1H3. The van der Waals surface area contributed by atoms with Gasteiger partial charge in [-0.1, -0.05) is 30.3 Å². The number of nitrogens with one attached hydrogen (secondary N) is 2. The van der Waals surface area contributed by atoms with Crippen LogP contribution in [0.5, 0.6) is 0 Å². The van der Waals surface area contributed by atoms with Crippen LogP contribution < -0.4 is 16.4 Å². The lowest BCUT2D eigenvalue weighted by atomic mass is 10.1. The van der Waals surface area contributed by atoms with E-state index in [-0.39, 0.29) is 0 Å². The molecule has 4 N–H and O–H groups in total. The molecule has 1 aliphatic heterocycles. The third kappa shape index (κ3) is 3.25. The first-order chi connectivity index (χ1) is 10.2. The average molecular weight is 283 g/mol. The van der Waals surface area contributed by atoms with Crippen LogP contribution in [0.3, 0.4) is 0 Å². The number of benzene rings is 1. The number of hydrogen-bond donors (Lipinski definition) is 3. The van der Waals surface area contributed by atoms with E-state index >= 15 is 0 Å². The highest BCUT2D eigenvalue weighted by molar-refractivity contribution is 5.44. The van der Waals surface area contributed by atoms with E-state index in [0.29, 0.717) is 6.04 Å². The summed E-state index contributed by atoms with van der Waals surface area (Å²) in [7, 11) is 0. The molecule has 1 aromatic heterocycles. The quantitative estimate of drug-likeness (QED) is 0.801. The molecular weight excluding hydrogens is 262 g/mol. The van der Waals surface area contributed by atoms with Gasteiger partial charge in [-0.25, -0.2) is 4.68 Å². The van der Waals surface area contributed by atoms with Gasteiger partial charge in [-0.15, -0.1) is 0 Å². The summed E-state index contributed by atoms with van der Waals surface area (Å²) in [6.07, 6.45) is 2.72. The molecule has 5 nitrogen and oxygen atoms in total. The molecule has 0 aliphatic carbocycles. The molecule has 0 bridgehead atoms. The van der Waals surface area contributed by atoms with Crippen LogP contribution in [-0.4, -0.2) is 22.4 Å². The van der Waals surface area contributed by atoms with Crippen molar-refractivity contribution in [3.8, 4) is 0 Å². The molecule has 0 fully saturated rings. The van der Waals surface area contributed by atoms with Crippen molar-refractivity contribution >= 4 is 5.82 Å². The molecule has 21 heavy (non-hydrogen) atoms.